The van der Waals surface area contributed by atoms with E-state index in [-0.39, 0.29) is 5.57 Å². The average Bonchev–Trinajstić information content (AvgIpc) is 3.24. The molecule has 106 valence electrons. The van der Waals surface area contributed by atoms with E-state index in [0.717, 1.165) is 12.8 Å². The Morgan fingerprint density at radius 3 is 2.95 bits per heavy atom. The van der Waals surface area contributed by atoms with Crippen LogP contribution in [0.3, 0.4) is 0 Å². The number of anilines is 1. The number of hydrogen-bond acceptors (Lipinski definition) is 4. The van der Waals surface area contributed by atoms with Crippen LogP contribution in [0.5, 0.6) is 0 Å². The van der Waals surface area contributed by atoms with Crippen LogP contribution in [0.25, 0.3) is 11.1 Å². The van der Waals surface area contributed by atoms with E-state index in [9.17, 15) is 9.59 Å². The molecule has 1 aromatic heterocycles. The molecule has 1 aliphatic rings. The predicted molar refractivity (Wildman–Crippen MR) is 76.5 cm³/mol. The maximum atomic E-state index is 12.0. The lowest BCUT2D eigenvalue weighted by Crippen LogP contribution is -2.14. The summed E-state index contributed by atoms with van der Waals surface area (Å²) in [6.07, 6.45) is 3.77. The van der Waals surface area contributed by atoms with Crippen molar-refractivity contribution in [1.29, 1.82) is 5.26 Å². The number of nitrogens with zero attached hydrogens (tertiary/aromatic N) is 2. The molecule has 2 aromatic rings. The summed E-state index contributed by atoms with van der Waals surface area (Å²) in [5.41, 5.74) is 1.68. The Hall–Kier alpha value is -2.81. The molecule has 0 radical (unpaired) electrons. The number of benzene rings is 1. The van der Waals surface area contributed by atoms with Gasteiger partial charge in [-0.1, -0.05) is 6.08 Å². The standard InChI is InChI=1S/C15H13N3O3/c1-18-12-7-11(4-5-13(12)21-15(18)20)17-14(19)10(8-16)6-9-2-3-9/h4-7,9H,2-3H2,1H3,(H,17,19)/b10-6-. The number of carbonyl (C=O) groups excluding carboxylic acids is 1. The van der Waals surface area contributed by atoms with Gasteiger partial charge in [0.1, 0.15) is 11.6 Å². The minimum atomic E-state index is -0.459. The van der Waals surface area contributed by atoms with E-state index in [4.69, 9.17) is 9.68 Å². The van der Waals surface area contributed by atoms with Gasteiger partial charge in [-0.25, -0.2) is 4.79 Å². The third kappa shape index (κ3) is 2.58. The van der Waals surface area contributed by atoms with Gasteiger partial charge in [-0.15, -0.1) is 0 Å². The monoisotopic (exact) mass is 283 g/mol. The average molecular weight is 283 g/mol. The van der Waals surface area contributed by atoms with Gasteiger partial charge in [-0.05, 0) is 37.0 Å². The lowest BCUT2D eigenvalue weighted by Gasteiger charge is -2.04. The molecule has 21 heavy (non-hydrogen) atoms. The van der Waals surface area contributed by atoms with Crippen molar-refractivity contribution in [2.45, 2.75) is 12.8 Å². The number of amides is 1. The number of fused-ring (bicyclic) bond motifs is 1. The number of nitrogens with one attached hydrogen (secondary N) is 1. The van der Waals surface area contributed by atoms with Crippen LogP contribution in [-0.4, -0.2) is 10.5 Å². The third-order valence-corrected chi connectivity index (χ3v) is 3.44. The zero-order valence-electron chi connectivity index (χ0n) is 11.4. The molecular formula is C15H13N3O3. The Balaban J connectivity index is 1.87. The molecule has 1 heterocycles. The minimum Gasteiger partial charge on any atom is -0.408 e. The quantitative estimate of drug-likeness (QED) is 0.688. The Morgan fingerprint density at radius 1 is 1.52 bits per heavy atom. The van der Waals surface area contributed by atoms with Gasteiger partial charge in [-0.2, -0.15) is 5.26 Å². The molecule has 1 amide bonds. The second kappa shape index (κ2) is 4.94. The van der Waals surface area contributed by atoms with Gasteiger partial charge >= 0.3 is 5.76 Å². The van der Waals surface area contributed by atoms with Gasteiger partial charge in [-0.3, -0.25) is 9.36 Å². The molecule has 1 aromatic carbocycles. The van der Waals surface area contributed by atoms with Crippen LogP contribution in [0.1, 0.15) is 12.8 Å². The topological polar surface area (TPSA) is 88.0 Å². The normalized spacial score (nSPS) is 15.0. The van der Waals surface area contributed by atoms with Gasteiger partial charge in [0, 0.05) is 12.7 Å². The number of aromatic nitrogens is 1. The number of hydrogen-bond donors (Lipinski definition) is 1. The number of nitriles is 1. The van der Waals surface area contributed by atoms with Crippen molar-refractivity contribution in [3.63, 3.8) is 0 Å². The van der Waals surface area contributed by atoms with E-state index in [1.165, 1.54) is 4.57 Å². The smallest absolute Gasteiger partial charge is 0.408 e. The van der Waals surface area contributed by atoms with Crippen LogP contribution in [-0.2, 0) is 11.8 Å². The molecule has 1 fully saturated rings. The number of allylic oxidation sites excluding steroid dienone is 1. The van der Waals surface area contributed by atoms with E-state index < -0.39 is 11.7 Å². The molecule has 0 atom stereocenters. The highest BCUT2D eigenvalue weighted by molar-refractivity contribution is 6.07. The van der Waals surface area contributed by atoms with Crippen molar-refractivity contribution in [1.82, 2.24) is 4.57 Å². The van der Waals surface area contributed by atoms with Gasteiger partial charge in [0.2, 0.25) is 0 Å². The number of rotatable bonds is 3. The van der Waals surface area contributed by atoms with Crippen LogP contribution in [0.4, 0.5) is 5.69 Å². The number of oxazole rings is 1. The van der Waals surface area contributed by atoms with Crippen molar-refractivity contribution in [2.24, 2.45) is 13.0 Å². The Bertz CT molecular complexity index is 847. The van der Waals surface area contributed by atoms with E-state index >= 15 is 0 Å². The van der Waals surface area contributed by atoms with Crippen molar-refractivity contribution in [3.05, 3.63) is 40.4 Å². The molecule has 6 heteroatoms. The van der Waals surface area contributed by atoms with Crippen LogP contribution in [0.2, 0.25) is 0 Å². The highest BCUT2D eigenvalue weighted by Gasteiger charge is 2.21. The molecule has 0 spiro atoms. The molecule has 3 rings (SSSR count). The van der Waals surface area contributed by atoms with Crippen molar-refractivity contribution >= 4 is 22.7 Å². The first-order valence-corrected chi connectivity index (χ1v) is 6.61. The SMILES string of the molecule is Cn1c(=O)oc2ccc(NC(=O)/C(C#N)=C\C3CC3)cc21. The molecule has 1 N–H and O–H groups in total. The Labute approximate surface area is 120 Å². The lowest BCUT2D eigenvalue weighted by molar-refractivity contribution is -0.112. The molecule has 0 unspecified atom stereocenters. The summed E-state index contributed by atoms with van der Waals surface area (Å²) < 4.78 is 6.38. The Morgan fingerprint density at radius 2 is 2.29 bits per heavy atom. The lowest BCUT2D eigenvalue weighted by atomic mass is 10.2. The van der Waals surface area contributed by atoms with Gasteiger partial charge in [0.05, 0.1) is 5.52 Å². The van der Waals surface area contributed by atoms with Crippen molar-refractivity contribution in [2.75, 3.05) is 5.32 Å². The zero-order chi connectivity index (χ0) is 15.0. The fourth-order valence-corrected chi connectivity index (χ4v) is 2.07. The molecule has 0 aliphatic heterocycles. The zero-order valence-corrected chi connectivity index (χ0v) is 11.4. The summed E-state index contributed by atoms with van der Waals surface area (Å²) >= 11 is 0. The molecule has 1 saturated carbocycles. The fourth-order valence-electron chi connectivity index (χ4n) is 2.07. The fraction of sp³-hybridized carbons (Fsp3) is 0.267. The Kier molecular flexibility index (Phi) is 3.10. The number of aryl methyl sites for hydroxylation is 1. The van der Waals surface area contributed by atoms with Crippen molar-refractivity contribution in [3.8, 4) is 6.07 Å². The van der Waals surface area contributed by atoms with Gasteiger partial charge in [0.25, 0.3) is 5.91 Å². The molecule has 1 aliphatic carbocycles. The van der Waals surface area contributed by atoms with Gasteiger partial charge in [0.15, 0.2) is 5.58 Å². The third-order valence-electron chi connectivity index (χ3n) is 3.44. The van der Waals surface area contributed by atoms with E-state index in [0.29, 0.717) is 22.7 Å². The maximum Gasteiger partial charge on any atom is 0.419 e. The molecule has 6 nitrogen and oxygen atoms in total. The summed E-state index contributed by atoms with van der Waals surface area (Å²) in [5, 5.41) is 11.7. The second-order valence-corrected chi connectivity index (χ2v) is 5.09. The van der Waals surface area contributed by atoms with Crippen LogP contribution < -0.4 is 11.1 Å². The molecule has 0 saturated heterocycles. The largest absolute Gasteiger partial charge is 0.419 e. The van der Waals surface area contributed by atoms with Crippen LogP contribution >= 0.6 is 0 Å². The highest BCUT2D eigenvalue weighted by atomic mass is 16.4. The number of carbonyl (C=O) groups is 1. The summed E-state index contributed by atoms with van der Waals surface area (Å²) in [6.45, 7) is 0. The second-order valence-electron chi connectivity index (χ2n) is 5.09. The van der Waals surface area contributed by atoms with Crippen molar-refractivity contribution < 1.29 is 9.21 Å². The first-order chi connectivity index (χ1) is 10.1. The van der Waals surface area contributed by atoms with E-state index in [1.54, 1.807) is 31.3 Å². The first kappa shape index (κ1) is 13.2. The highest BCUT2D eigenvalue weighted by Crippen LogP contribution is 2.31. The van der Waals surface area contributed by atoms with E-state index in [1.807, 2.05) is 6.07 Å². The van der Waals surface area contributed by atoms with Gasteiger partial charge < -0.3 is 9.73 Å². The maximum absolute atomic E-state index is 12.0. The summed E-state index contributed by atoms with van der Waals surface area (Å²) in [6, 6.07) is 6.81. The van der Waals surface area contributed by atoms with Crippen LogP contribution in [0.15, 0.2) is 39.1 Å². The summed E-state index contributed by atoms with van der Waals surface area (Å²) in [4.78, 5) is 23.5. The van der Waals surface area contributed by atoms with Crippen LogP contribution in [0, 0.1) is 17.2 Å². The summed E-state index contributed by atoms with van der Waals surface area (Å²) in [5.74, 6) is -0.542. The summed E-state index contributed by atoms with van der Waals surface area (Å²) in [7, 11) is 1.59. The minimum absolute atomic E-state index is 0.124. The molecule has 0 bridgehead atoms. The predicted octanol–water partition coefficient (Wildman–Crippen LogP) is 1.93. The van der Waals surface area contributed by atoms with E-state index in [2.05, 4.69) is 5.32 Å². The molecular weight excluding hydrogens is 270 g/mol. The first-order valence-electron chi connectivity index (χ1n) is 6.61.